The second kappa shape index (κ2) is 3.06. The highest BCUT2D eigenvalue weighted by atomic mass is 19.1. The third kappa shape index (κ3) is 1.14. The first-order valence-corrected chi connectivity index (χ1v) is 5.75. The summed E-state index contributed by atoms with van der Waals surface area (Å²) in [5, 5.41) is 0. The van der Waals surface area contributed by atoms with Crippen LogP contribution in [0.15, 0.2) is 23.2 Å². The van der Waals surface area contributed by atoms with Crippen LogP contribution >= 0.6 is 0 Å². The van der Waals surface area contributed by atoms with Crippen LogP contribution in [-0.4, -0.2) is 11.5 Å². The van der Waals surface area contributed by atoms with Gasteiger partial charge in [0, 0.05) is 5.92 Å². The summed E-state index contributed by atoms with van der Waals surface area (Å²) in [7, 11) is 0. The molecule has 2 N–H and O–H groups in total. The van der Waals surface area contributed by atoms with E-state index in [1.165, 1.54) is 0 Å². The first-order valence-electron chi connectivity index (χ1n) is 5.75. The molecule has 1 aliphatic heterocycles. The molecule has 3 rings (SSSR count). The molecule has 1 heterocycles. The quantitative estimate of drug-likeness (QED) is 0.714. The highest BCUT2D eigenvalue weighted by molar-refractivity contribution is 5.95. The summed E-state index contributed by atoms with van der Waals surface area (Å²) in [6, 6.07) is 6.01. The van der Waals surface area contributed by atoms with Crippen LogP contribution in [0, 0.1) is 6.92 Å². The number of hydrogen-bond acceptors (Lipinski definition) is 2. The minimum Gasteiger partial charge on any atom is -0.384 e. The van der Waals surface area contributed by atoms with E-state index in [-0.39, 0.29) is 11.8 Å². The zero-order valence-electron chi connectivity index (χ0n) is 9.33. The van der Waals surface area contributed by atoms with Gasteiger partial charge in [-0.1, -0.05) is 12.1 Å². The fourth-order valence-corrected chi connectivity index (χ4v) is 2.94. The minimum atomic E-state index is -1.39. The van der Waals surface area contributed by atoms with Gasteiger partial charge in [-0.2, -0.15) is 0 Å². The lowest BCUT2D eigenvalue weighted by Crippen LogP contribution is -2.43. The zero-order chi connectivity index (χ0) is 11.3. The van der Waals surface area contributed by atoms with E-state index in [1.807, 2.05) is 25.1 Å². The Morgan fingerprint density at radius 2 is 2.31 bits per heavy atom. The van der Waals surface area contributed by atoms with E-state index >= 15 is 0 Å². The molecule has 0 radical (unpaired) electrons. The lowest BCUT2D eigenvalue weighted by molar-refractivity contribution is 0.232. The number of aliphatic imine (C=N–C) groups is 1. The molecule has 0 spiro atoms. The second-order valence-corrected chi connectivity index (χ2v) is 4.87. The minimum absolute atomic E-state index is 0.0828. The predicted molar refractivity (Wildman–Crippen MR) is 62.9 cm³/mol. The Hall–Kier alpha value is -1.38. The fourth-order valence-electron chi connectivity index (χ4n) is 2.94. The lowest BCUT2D eigenvalue weighted by Gasteiger charge is -2.32. The van der Waals surface area contributed by atoms with Crippen molar-refractivity contribution in [3.05, 3.63) is 29.3 Å². The number of amidine groups is 1. The van der Waals surface area contributed by atoms with E-state index in [0.29, 0.717) is 6.42 Å². The van der Waals surface area contributed by atoms with Crippen LogP contribution in [0.4, 0.5) is 10.1 Å². The summed E-state index contributed by atoms with van der Waals surface area (Å²) < 4.78 is 14.7. The van der Waals surface area contributed by atoms with E-state index < -0.39 is 5.67 Å². The molecule has 2 unspecified atom stereocenters. The largest absolute Gasteiger partial charge is 0.384 e. The zero-order valence-corrected chi connectivity index (χ0v) is 9.33. The first-order chi connectivity index (χ1) is 7.61. The van der Waals surface area contributed by atoms with Gasteiger partial charge in [0.15, 0.2) is 5.67 Å². The summed E-state index contributed by atoms with van der Waals surface area (Å²) in [4.78, 5) is 4.24. The average Bonchev–Trinajstić information content (AvgIpc) is 2.62. The third-order valence-corrected chi connectivity index (χ3v) is 3.81. The summed E-state index contributed by atoms with van der Waals surface area (Å²) in [6.45, 7) is 2.01. The van der Waals surface area contributed by atoms with Gasteiger partial charge in [0.2, 0.25) is 0 Å². The fraction of sp³-hybridized carbons (Fsp3) is 0.462. The molecular formula is C13H15FN2. The molecule has 1 aliphatic carbocycles. The molecule has 2 nitrogen and oxygen atoms in total. The molecule has 1 aromatic carbocycles. The summed E-state index contributed by atoms with van der Waals surface area (Å²) in [5.74, 6) is 0.0914. The molecule has 2 aliphatic rings. The molecule has 0 amide bonds. The smallest absolute Gasteiger partial charge is 0.174 e. The average molecular weight is 218 g/mol. The SMILES string of the molecule is Cc1ccc2c(c1)N=C(N)C1(F)CCCC21. The highest BCUT2D eigenvalue weighted by Gasteiger charge is 2.50. The maximum absolute atomic E-state index is 14.7. The molecule has 0 saturated heterocycles. The van der Waals surface area contributed by atoms with Crippen LogP contribution in [0.1, 0.15) is 36.3 Å². The van der Waals surface area contributed by atoms with Crippen molar-refractivity contribution in [1.29, 1.82) is 0 Å². The molecule has 1 aromatic rings. The molecule has 1 fully saturated rings. The van der Waals surface area contributed by atoms with E-state index in [0.717, 1.165) is 29.7 Å². The second-order valence-electron chi connectivity index (χ2n) is 4.87. The van der Waals surface area contributed by atoms with Gasteiger partial charge < -0.3 is 5.73 Å². The number of aryl methyl sites for hydroxylation is 1. The Morgan fingerprint density at radius 1 is 1.50 bits per heavy atom. The maximum atomic E-state index is 14.7. The Kier molecular flexibility index (Phi) is 1.88. The number of nitrogens with zero attached hydrogens (tertiary/aromatic N) is 1. The Morgan fingerprint density at radius 3 is 3.12 bits per heavy atom. The van der Waals surface area contributed by atoms with Gasteiger partial charge in [-0.05, 0) is 43.4 Å². The van der Waals surface area contributed by atoms with Crippen molar-refractivity contribution in [2.75, 3.05) is 0 Å². The van der Waals surface area contributed by atoms with Crippen LogP contribution in [0.2, 0.25) is 0 Å². The highest BCUT2D eigenvalue weighted by Crippen LogP contribution is 2.51. The molecule has 0 bridgehead atoms. The number of rotatable bonds is 0. The molecule has 16 heavy (non-hydrogen) atoms. The number of benzene rings is 1. The summed E-state index contributed by atoms with van der Waals surface area (Å²) >= 11 is 0. The van der Waals surface area contributed by atoms with Crippen LogP contribution in [-0.2, 0) is 0 Å². The third-order valence-electron chi connectivity index (χ3n) is 3.81. The Balaban J connectivity index is 2.21. The molecule has 1 saturated carbocycles. The molecular weight excluding hydrogens is 203 g/mol. The van der Waals surface area contributed by atoms with Crippen LogP contribution in [0.25, 0.3) is 0 Å². The van der Waals surface area contributed by atoms with Crippen LogP contribution in [0.5, 0.6) is 0 Å². The van der Waals surface area contributed by atoms with Gasteiger partial charge in [0.25, 0.3) is 0 Å². The van der Waals surface area contributed by atoms with Crippen molar-refractivity contribution in [2.24, 2.45) is 10.7 Å². The number of alkyl halides is 1. The number of fused-ring (bicyclic) bond motifs is 3. The molecule has 84 valence electrons. The van der Waals surface area contributed by atoms with E-state index in [2.05, 4.69) is 4.99 Å². The van der Waals surface area contributed by atoms with Crippen LogP contribution in [0.3, 0.4) is 0 Å². The Bertz CT molecular complexity index is 481. The van der Waals surface area contributed by atoms with Crippen molar-refractivity contribution < 1.29 is 4.39 Å². The van der Waals surface area contributed by atoms with Crippen LogP contribution < -0.4 is 5.73 Å². The topological polar surface area (TPSA) is 38.4 Å². The van der Waals surface area contributed by atoms with E-state index in [4.69, 9.17) is 5.73 Å². The van der Waals surface area contributed by atoms with Crippen molar-refractivity contribution in [1.82, 2.24) is 0 Å². The number of hydrogen-bond donors (Lipinski definition) is 1. The van der Waals surface area contributed by atoms with Gasteiger partial charge in [0.05, 0.1) is 5.69 Å². The number of nitrogens with two attached hydrogens (primary N) is 1. The van der Waals surface area contributed by atoms with Crippen molar-refractivity contribution >= 4 is 11.5 Å². The van der Waals surface area contributed by atoms with Gasteiger partial charge in [-0.25, -0.2) is 9.38 Å². The Labute approximate surface area is 94.4 Å². The van der Waals surface area contributed by atoms with Crippen molar-refractivity contribution in [3.8, 4) is 0 Å². The van der Waals surface area contributed by atoms with Crippen molar-refractivity contribution in [2.45, 2.75) is 37.8 Å². The normalized spacial score (nSPS) is 31.9. The van der Waals surface area contributed by atoms with E-state index in [9.17, 15) is 4.39 Å². The lowest BCUT2D eigenvalue weighted by atomic mass is 9.82. The monoisotopic (exact) mass is 218 g/mol. The van der Waals surface area contributed by atoms with E-state index in [1.54, 1.807) is 0 Å². The molecule has 3 heteroatoms. The van der Waals surface area contributed by atoms with Gasteiger partial charge in [-0.3, -0.25) is 0 Å². The summed E-state index contributed by atoms with van der Waals surface area (Å²) in [5.41, 5.74) is 7.43. The predicted octanol–water partition coefficient (Wildman–Crippen LogP) is 2.97. The van der Waals surface area contributed by atoms with Gasteiger partial charge in [0.1, 0.15) is 5.84 Å². The van der Waals surface area contributed by atoms with Gasteiger partial charge >= 0.3 is 0 Å². The molecule has 2 atom stereocenters. The standard InChI is InChI=1S/C13H15FN2/c1-8-4-5-9-10-3-2-6-13(10,14)12(15)16-11(9)7-8/h4-5,7,10H,2-3,6H2,1H3,(H2,15,16). The molecule has 0 aromatic heterocycles. The number of halogens is 1. The first kappa shape index (κ1) is 9.82. The van der Waals surface area contributed by atoms with Crippen molar-refractivity contribution in [3.63, 3.8) is 0 Å². The van der Waals surface area contributed by atoms with Gasteiger partial charge in [-0.15, -0.1) is 0 Å². The maximum Gasteiger partial charge on any atom is 0.174 e. The summed E-state index contributed by atoms with van der Waals surface area (Å²) in [6.07, 6.45) is 2.29.